The molecule has 1 aromatic rings. The van der Waals surface area contributed by atoms with Gasteiger partial charge in [-0.15, -0.1) is 23.2 Å². The minimum absolute atomic E-state index is 0.0639. The number of nitrogens with zero attached hydrogens (tertiary/aromatic N) is 2. The van der Waals surface area contributed by atoms with Crippen LogP contribution < -0.4 is 11.4 Å². The minimum atomic E-state index is -1.20. The number of aliphatic hydroxyl groups excluding tert-OH is 2. The lowest BCUT2D eigenvalue weighted by Crippen LogP contribution is -2.44. The van der Waals surface area contributed by atoms with E-state index in [4.69, 9.17) is 38.8 Å². The van der Waals surface area contributed by atoms with Gasteiger partial charge in [0.25, 0.3) is 0 Å². The summed E-state index contributed by atoms with van der Waals surface area (Å²) in [5.41, 5.74) is 3.58. The van der Waals surface area contributed by atoms with Crippen LogP contribution in [0, 0.1) is 0 Å². The van der Waals surface area contributed by atoms with Crippen LogP contribution >= 0.6 is 23.2 Å². The lowest BCUT2D eigenvalue weighted by molar-refractivity contribution is -0.0991. The molecule has 1 aliphatic rings. The summed E-state index contributed by atoms with van der Waals surface area (Å²) in [6.07, 6.45) is -0.560. The second kappa shape index (κ2) is 5.87. The number of ether oxygens (including phenoxy) is 1. The van der Waals surface area contributed by atoms with Crippen LogP contribution in [0.15, 0.2) is 17.1 Å². The Balaban J connectivity index is 2.37. The fraction of sp³-hybridized carbons (Fsp3) is 0.636. The first kappa shape index (κ1) is 15.5. The van der Waals surface area contributed by atoms with Crippen LogP contribution in [0.3, 0.4) is 0 Å². The molecule has 4 atom stereocenters. The van der Waals surface area contributed by atoms with Gasteiger partial charge in [-0.05, 0) is 6.07 Å². The van der Waals surface area contributed by atoms with Crippen molar-refractivity contribution < 1.29 is 14.9 Å². The molecule has 9 heteroatoms. The topological polar surface area (TPSA) is 111 Å². The molecule has 1 saturated heterocycles. The summed E-state index contributed by atoms with van der Waals surface area (Å²) in [7, 11) is 0. The minimum Gasteiger partial charge on any atom is -0.396 e. The summed E-state index contributed by atoms with van der Waals surface area (Å²) in [6.45, 7) is -0.227. The molecule has 112 valence electrons. The van der Waals surface area contributed by atoms with Crippen molar-refractivity contribution in [3.8, 4) is 0 Å². The number of rotatable bonds is 4. The van der Waals surface area contributed by atoms with Crippen molar-refractivity contribution in [2.45, 2.75) is 29.7 Å². The molecule has 2 heterocycles. The molecular weight excluding hydrogens is 309 g/mol. The van der Waals surface area contributed by atoms with Crippen LogP contribution in [0.4, 0.5) is 5.82 Å². The Morgan fingerprint density at radius 3 is 2.85 bits per heavy atom. The van der Waals surface area contributed by atoms with Crippen LogP contribution in [0.5, 0.6) is 0 Å². The van der Waals surface area contributed by atoms with E-state index in [1.54, 1.807) is 0 Å². The SMILES string of the molecule is Nc1ccn([C@@H]2O[C@](CCl)(CCO)[C@@H](O)[C@H]2Cl)c(=O)n1. The lowest BCUT2D eigenvalue weighted by Gasteiger charge is -2.29. The largest absolute Gasteiger partial charge is 0.396 e. The zero-order valence-electron chi connectivity index (χ0n) is 10.4. The van der Waals surface area contributed by atoms with E-state index in [0.717, 1.165) is 4.57 Å². The molecule has 0 unspecified atom stereocenters. The smallest absolute Gasteiger partial charge is 0.351 e. The molecule has 7 nitrogen and oxygen atoms in total. The first-order valence-electron chi connectivity index (χ1n) is 5.96. The van der Waals surface area contributed by atoms with Crippen molar-refractivity contribution in [1.29, 1.82) is 0 Å². The van der Waals surface area contributed by atoms with Gasteiger partial charge in [-0.2, -0.15) is 4.98 Å². The summed E-state index contributed by atoms with van der Waals surface area (Å²) < 4.78 is 6.82. The van der Waals surface area contributed by atoms with E-state index in [9.17, 15) is 9.90 Å². The van der Waals surface area contributed by atoms with Gasteiger partial charge >= 0.3 is 5.69 Å². The maximum absolute atomic E-state index is 11.8. The first-order chi connectivity index (χ1) is 9.45. The Morgan fingerprint density at radius 1 is 1.60 bits per heavy atom. The Bertz CT molecular complexity index is 541. The van der Waals surface area contributed by atoms with E-state index in [2.05, 4.69) is 4.98 Å². The number of alkyl halides is 2. The molecule has 4 N–H and O–H groups in total. The van der Waals surface area contributed by atoms with Gasteiger partial charge < -0.3 is 20.7 Å². The number of anilines is 1. The number of halogens is 2. The van der Waals surface area contributed by atoms with Gasteiger partial charge in [0, 0.05) is 19.2 Å². The highest BCUT2D eigenvalue weighted by molar-refractivity contribution is 6.22. The van der Waals surface area contributed by atoms with E-state index in [-0.39, 0.29) is 24.7 Å². The quantitative estimate of drug-likeness (QED) is 0.655. The summed E-state index contributed by atoms with van der Waals surface area (Å²) in [5.74, 6) is 0.0147. The summed E-state index contributed by atoms with van der Waals surface area (Å²) in [4.78, 5) is 15.4. The molecule has 0 bridgehead atoms. The summed E-state index contributed by atoms with van der Waals surface area (Å²) in [5, 5.41) is 18.4. The van der Waals surface area contributed by atoms with E-state index in [1.807, 2.05) is 0 Å². The molecule has 0 amide bonds. The molecule has 0 radical (unpaired) electrons. The maximum atomic E-state index is 11.8. The van der Waals surface area contributed by atoms with Gasteiger partial charge in [-0.25, -0.2) is 4.79 Å². The molecule has 0 saturated carbocycles. The normalized spacial score (nSPS) is 33.5. The number of hydrogen-bond acceptors (Lipinski definition) is 6. The number of nitrogen functional groups attached to an aromatic ring is 1. The zero-order valence-corrected chi connectivity index (χ0v) is 12.0. The van der Waals surface area contributed by atoms with E-state index < -0.39 is 29.0 Å². The monoisotopic (exact) mass is 323 g/mol. The second-order valence-corrected chi connectivity index (χ2v) is 5.38. The van der Waals surface area contributed by atoms with Crippen molar-refractivity contribution in [2.75, 3.05) is 18.2 Å². The van der Waals surface area contributed by atoms with Crippen molar-refractivity contribution in [1.82, 2.24) is 9.55 Å². The van der Waals surface area contributed by atoms with Gasteiger partial charge in [0.2, 0.25) is 0 Å². The molecule has 1 aromatic heterocycles. The lowest BCUT2D eigenvalue weighted by atomic mass is 9.95. The van der Waals surface area contributed by atoms with Crippen LogP contribution in [0.1, 0.15) is 12.6 Å². The van der Waals surface area contributed by atoms with Crippen LogP contribution in [0.2, 0.25) is 0 Å². The van der Waals surface area contributed by atoms with Crippen molar-refractivity contribution >= 4 is 29.0 Å². The molecular formula is C11H15Cl2N3O4. The van der Waals surface area contributed by atoms with E-state index >= 15 is 0 Å². The Morgan fingerprint density at radius 2 is 2.30 bits per heavy atom. The molecule has 1 fully saturated rings. The molecule has 20 heavy (non-hydrogen) atoms. The predicted octanol–water partition coefficient (Wildman–Crippen LogP) is -0.317. The summed E-state index contributed by atoms with van der Waals surface area (Å²) in [6, 6.07) is 1.42. The van der Waals surface area contributed by atoms with Crippen LogP contribution in [-0.2, 0) is 4.74 Å². The van der Waals surface area contributed by atoms with Crippen molar-refractivity contribution in [3.05, 3.63) is 22.7 Å². The second-order valence-electron chi connectivity index (χ2n) is 4.61. The van der Waals surface area contributed by atoms with Crippen LogP contribution in [0.25, 0.3) is 0 Å². The Hall–Kier alpha value is -0.860. The van der Waals surface area contributed by atoms with Gasteiger partial charge in [0.15, 0.2) is 6.23 Å². The number of nitrogens with two attached hydrogens (primary N) is 1. The van der Waals surface area contributed by atoms with Gasteiger partial charge in [-0.3, -0.25) is 4.57 Å². The standard InChI is InChI=1S/C11H15Cl2N3O4/c12-5-11(2-4-17)8(18)7(13)9(20-11)16-3-1-6(14)15-10(16)19/h1,3,7-9,17-18H,2,4-5H2,(H2,14,15,19)/t7-,8+,9-,11+/m1/s1. The fourth-order valence-electron chi connectivity index (χ4n) is 2.22. The molecule has 0 aliphatic carbocycles. The molecule has 1 aliphatic heterocycles. The molecule has 2 rings (SSSR count). The summed E-state index contributed by atoms with van der Waals surface area (Å²) >= 11 is 12.0. The van der Waals surface area contributed by atoms with Crippen molar-refractivity contribution in [3.63, 3.8) is 0 Å². The average Bonchev–Trinajstić information content (AvgIpc) is 2.65. The third-order valence-corrected chi connectivity index (χ3v) is 4.26. The molecule has 0 spiro atoms. The maximum Gasteiger partial charge on any atom is 0.351 e. The average molecular weight is 324 g/mol. The van der Waals surface area contributed by atoms with E-state index in [1.165, 1.54) is 12.3 Å². The third-order valence-electron chi connectivity index (χ3n) is 3.36. The van der Waals surface area contributed by atoms with Gasteiger partial charge in [-0.1, -0.05) is 0 Å². The Labute approximate surface area is 124 Å². The van der Waals surface area contributed by atoms with Gasteiger partial charge in [0.1, 0.15) is 22.9 Å². The van der Waals surface area contributed by atoms with Gasteiger partial charge in [0.05, 0.1) is 5.88 Å². The van der Waals surface area contributed by atoms with Crippen LogP contribution in [-0.4, -0.2) is 49.3 Å². The van der Waals surface area contributed by atoms with E-state index in [0.29, 0.717) is 0 Å². The number of aliphatic hydroxyl groups is 2. The first-order valence-corrected chi connectivity index (χ1v) is 6.94. The number of hydrogen-bond donors (Lipinski definition) is 3. The zero-order chi connectivity index (χ0) is 14.9. The fourth-order valence-corrected chi connectivity index (χ4v) is 2.98. The highest BCUT2D eigenvalue weighted by Crippen LogP contribution is 2.42. The predicted molar refractivity (Wildman–Crippen MR) is 73.8 cm³/mol. The number of aromatic nitrogens is 2. The highest BCUT2D eigenvalue weighted by atomic mass is 35.5. The van der Waals surface area contributed by atoms with Crippen molar-refractivity contribution in [2.24, 2.45) is 0 Å². The third kappa shape index (κ3) is 2.51. The highest BCUT2D eigenvalue weighted by Gasteiger charge is 2.54. The Kier molecular flexibility index (Phi) is 4.55. The molecule has 0 aromatic carbocycles.